The van der Waals surface area contributed by atoms with E-state index in [0.717, 1.165) is 17.0 Å². The van der Waals surface area contributed by atoms with E-state index >= 15 is 0 Å². The summed E-state index contributed by atoms with van der Waals surface area (Å²) in [7, 11) is 0. The number of nitrogens with one attached hydrogen (secondary N) is 1. The van der Waals surface area contributed by atoms with Gasteiger partial charge in [0.25, 0.3) is 0 Å². The molecule has 0 saturated carbocycles. The standard InChI is InChI=1S/C18H19Cl2N/c1-18(2,3)12-4-7-16-11(8-12)9-17(21-16)14-6-5-13(19)10-15(14)20/h4-8,10,17,21H,9H2,1-3H3. The molecule has 1 aliphatic rings. The lowest BCUT2D eigenvalue weighted by atomic mass is 9.85. The molecule has 0 saturated heterocycles. The van der Waals surface area contributed by atoms with Crippen LogP contribution in [0.4, 0.5) is 5.69 Å². The molecule has 1 heterocycles. The predicted octanol–water partition coefficient (Wildman–Crippen LogP) is 6.00. The van der Waals surface area contributed by atoms with Crippen molar-refractivity contribution in [2.45, 2.75) is 38.6 Å². The van der Waals surface area contributed by atoms with E-state index in [9.17, 15) is 0 Å². The molecule has 1 atom stereocenters. The Balaban J connectivity index is 1.91. The number of fused-ring (bicyclic) bond motifs is 1. The van der Waals surface area contributed by atoms with Gasteiger partial charge in [-0.05, 0) is 46.7 Å². The highest BCUT2D eigenvalue weighted by Gasteiger charge is 2.25. The first-order valence-electron chi connectivity index (χ1n) is 7.19. The van der Waals surface area contributed by atoms with Crippen molar-refractivity contribution in [3.8, 4) is 0 Å². The third kappa shape index (κ3) is 2.90. The smallest absolute Gasteiger partial charge is 0.0569 e. The third-order valence-electron chi connectivity index (χ3n) is 4.06. The number of hydrogen-bond donors (Lipinski definition) is 1. The highest BCUT2D eigenvalue weighted by Crippen LogP contribution is 2.39. The van der Waals surface area contributed by atoms with Crippen molar-refractivity contribution in [3.63, 3.8) is 0 Å². The summed E-state index contributed by atoms with van der Waals surface area (Å²) >= 11 is 12.3. The summed E-state index contributed by atoms with van der Waals surface area (Å²) < 4.78 is 0. The lowest BCUT2D eigenvalue weighted by molar-refractivity contribution is 0.589. The second kappa shape index (κ2) is 5.23. The first-order chi connectivity index (χ1) is 9.84. The van der Waals surface area contributed by atoms with Crippen molar-refractivity contribution in [1.82, 2.24) is 0 Å². The van der Waals surface area contributed by atoms with Gasteiger partial charge in [0.1, 0.15) is 0 Å². The van der Waals surface area contributed by atoms with Gasteiger partial charge < -0.3 is 5.32 Å². The Hall–Kier alpha value is -1.18. The molecule has 3 heteroatoms. The lowest BCUT2D eigenvalue weighted by Crippen LogP contribution is -2.10. The van der Waals surface area contributed by atoms with Crippen molar-refractivity contribution in [2.24, 2.45) is 0 Å². The van der Waals surface area contributed by atoms with Gasteiger partial charge in [0.05, 0.1) is 6.04 Å². The zero-order valence-corrected chi connectivity index (χ0v) is 14.0. The fourth-order valence-corrected chi connectivity index (χ4v) is 3.34. The van der Waals surface area contributed by atoms with Crippen LogP contribution in [0, 0.1) is 0 Å². The summed E-state index contributed by atoms with van der Waals surface area (Å²) in [6.07, 6.45) is 0.959. The van der Waals surface area contributed by atoms with Gasteiger partial charge in [0.15, 0.2) is 0 Å². The minimum absolute atomic E-state index is 0.172. The van der Waals surface area contributed by atoms with Crippen LogP contribution in [-0.4, -0.2) is 0 Å². The van der Waals surface area contributed by atoms with Crippen LogP contribution in [0.15, 0.2) is 36.4 Å². The molecule has 1 unspecified atom stereocenters. The van der Waals surface area contributed by atoms with Crippen molar-refractivity contribution < 1.29 is 0 Å². The Morgan fingerprint density at radius 3 is 2.48 bits per heavy atom. The molecule has 1 aliphatic heterocycles. The maximum atomic E-state index is 6.33. The van der Waals surface area contributed by atoms with E-state index in [1.165, 1.54) is 16.8 Å². The maximum absolute atomic E-state index is 6.33. The number of benzene rings is 2. The van der Waals surface area contributed by atoms with Crippen molar-refractivity contribution in [2.75, 3.05) is 5.32 Å². The summed E-state index contributed by atoms with van der Waals surface area (Å²) in [5.74, 6) is 0. The van der Waals surface area contributed by atoms with Gasteiger partial charge in [-0.15, -0.1) is 0 Å². The van der Waals surface area contributed by atoms with E-state index in [4.69, 9.17) is 23.2 Å². The average molecular weight is 320 g/mol. The lowest BCUT2D eigenvalue weighted by Gasteiger charge is -2.19. The van der Waals surface area contributed by atoms with Crippen LogP contribution < -0.4 is 5.32 Å². The Kier molecular flexibility index (Phi) is 3.67. The number of rotatable bonds is 1. The first-order valence-corrected chi connectivity index (χ1v) is 7.95. The van der Waals surface area contributed by atoms with E-state index in [-0.39, 0.29) is 11.5 Å². The molecule has 21 heavy (non-hydrogen) atoms. The molecule has 0 aliphatic carbocycles. The van der Waals surface area contributed by atoms with Gasteiger partial charge in [0.2, 0.25) is 0 Å². The van der Waals surface area contributed by atoms with Crippen LogP contribution in [-0.2, 0) is 11.8 Å². The SMILES string of the molecule is CC(C)(C)c1ccc2c(c1)CC(c1ccc(Cl)cc1Cl)N2. The number of anilines is 1. The van der Waals surface area contributed by atoms with Crippen LogP contribution >= 0.6 is 23.2 Å². The van der Waals surface area contributed by atoms with Crippen LogP contribution in [0.3, 0.4) is 0 Å². The molecule has 1 N–H and O–H groups in total. The van der Waals surface area contributed by atoms with E-state index < -0.39 is 0 Å². The normalized spacial score (nSPS) is 17.5. The fourth-order valence-electron chi connectivity index (χ4n) is 2.80. The topological polar surface area (TPSA) is 12.0 Å². The monoisotopic (exact) mass is 319 g/mol. The average Bonchev–Trinajstić information content (AvgIpc) is 2.79. The van der Waals surface area contributed by atoms with Crippen LogP contribution in [0.1, 0.15) is 43.5 Å². The van der Waals surface area contributed by atoms with Gasteiger partial charge in [-0.2, -0.15) is 0 Å². The Labute approximate surface area is 136 Å². The molecule has 0 aromatic heterocycles. The molecular formula is C18H19Cl2N. The van der Waals surface area contributed by atoms with Gasteiger partial charge >= 0.3 is 0 Å². The van der Waals surface area contributed by atoms with Crippen LogP contribution in [0.5, 0.6) is 0 Å². The molecule has 3 rings (SSSR count). The summed E-state index contributed by atoms with van der Waals surface area (Å²) in [6.45, 7) is 6.72. The van der Waals surface area contributed by atoms with E-state index in [1.54, 1.807) is 0 Å². The zero-order valence-electron chi connectivity index (χ0n) is 12.5. The van der Waals surface area contributed by atoms with Crippen LogP contribution in [0.2, 0.25) is 10.0 Å². The van der Waals surface area contributed by atoms with Crippen molar-refractivity contribution in [3.05, 3.63) is 63.1 Å². The van der Waals surface area contributed by atoms with Gasteiger partial charge in [-0.3, -0.25) is 0 Å². The fraction of sp³-hybridized carbons (Fsp3) is 0.333. The molecule has 0 amide bonds. The number of hydrogen-bond acceptors (Lipinski definition) is 1. The minimum Gasteiger partial charge on any atom is -0.378 e. The van der Waals surface area contributed by atoms with Crippen LogP contribution in [0.25, 0.3) is 0 Å². The Morgan fingerprint density at radius 2 is 1.81 bits per heavy atom. The summed E-state index contributed by atoms with van der Waals surface area (Å²) in [6, 6.07) is 12.6. The number of halogens is 2. The quantitative estimate of drug-likeness (QED) is 0.679. The molecule has 0 bridgehead atoms. The third-order valence-corrected chi connectivity index (χ3v) is 4.63. The Morgan fingerprint density at radius 1 is 1.05 bits per heavy atom. The zero-order chi connectivity index (χ0) is 15.2. The van der Waals surface area contributed by atoms with E-state index in [1.807, 2.05) is 18.2 Å². The first kappa shape index (κ1) is 14.7. The molecule has 110 valence electrons. The molecule has 0 fully saturated rings. The summed E-state index contributed by atoms with van der Waals surface area (Å²) in [5, 5.41) is 4.96. The minimum atomic E-state index is 0.172. The van der Waals surface area contributed by atoms with E-state index in [2.05, 4.69) is 44.3 Å². The van der Waals surface area contributed by atoms with Gasteiger partial charge in [0, 0.05) is 15.7 Å². The predicted molar refractivity (Wildman–Crippen MR) is 91.7 cm³/mol. The molecular weight excluding hydrogens is 301 g/mol. The second-order valence-electron chi connectivity index (χ2n) is 6.69. The molecule has 2 aromatic rings. The molecule has 2 aromatic carbocycles. The summed E-state index contributed by atoms with van der Waals surface area (Å²) in [5.41, 5.74) is 5.21. The van der Waals surface area contributed by atoms with E-state index in [0.29, 0.717) is 5.02 Å². The molecule has 0 radical (unpaired) electrons. The highest BCUT2D eigenvalue weighted by atomic mass is 35.5. The molecule has 1 nitrogen and oxygen atoms in total. The Bertz CT molecular complexity index is 686. The van der Waals surface area contributed by atoms with Gasteiger partial charge in [-0.1, -0.05) is 62.2 Å². The van der Waals surface area contributed by atoms with Gasteiger partial charge in [-0.25, -0.2) is 0 Å². The van der Waals surface area contributed by atoms with Crippen molar-refractivity contribution in [1.29, 1.82) is 0 Å². The summed E-state index contributed by atoms with van der Waals surface area (Å²) in [4.78, 5) is 0. The second-order valence-corrected chi connectivity index (χ2v) is 7.53. The highest BCUT2D eigenvalue weighted by molar-refractivity contribution is 6.35. The van der Waals surface area contributed by atoms with Crippen molar-refractivity contribution >= 4 is 28.9 Å². The largest absolute Gasteiger partial charge is 0.378 e. The maximum Gasteiger partial charge on any atom is 0.0569 e. The molecule has 0 spiro atoms.